The van der Waals surface area contributed by atoms with Crippen LogP contribution in [0.3, 0.4) is 0 Å². The zero-order chi connectivity index (χ0) is 9.64. The van der Waals surface area contributed by atoms with Crippen LogP contribution >= 0.6 is 8.58 Å². The van der Waals surface area contributed by atoms with E-state index in [1.54, 1.807) is 0 Å². The molecule has 0 amide bonds. The van der Waals surface area contributed by atoms with Crippen molar-refractivity contribution in [3.63, 3.8) is 0 Å². The summed E-state index contributed by atoms with van der Waals surface area (Å²) >= 11 is 0. The van der Waals surface area contributed by atoms with Gasteiger partial charge in [0.15, 0.2) is 0 Å². The van der Waals surface area contributed by atoms with Crippen LogP contribution in [0.2, 0.25) is 0 Å². The van der Waals surface area contributed by atoms with Gasteiger partial charge in [-0.2, -0.15) is 0 Å². The number of rotatable bonds is 4. The summed E-state index contributed by atoms with van der Waals surface area (Å²) in [5.41, 5.74) is 0. The lowest BCUT2D eigenvalue weighted by molar-refractivity contribution is 0.361. The van der Waals surface area contributed by atoms with Crippen molar-refractivity contribution in [3.05, 3.63) is 30.3 Å². The summed E-state index contributed by atoms with van der Waals surface area (Å²) in [5, 5.41) is 1.51. The number of nitrogens with zero attached hydrogens (tertiary/aromatic N) is 1. The molecule has 1 atom stereocenters. The van der Waals surface area contributed by atoms with E-state index in [2.05, 4.69) is 35.2 Å². The van der Waals surface area contributed by atoms with E-state index in [1.165, 1.54) is 43.9 Å². The first-order chi connectivity index (χ1) is 6.95. The lowest BCUT2D eigenvalue weighted by atomic mass is 10.4. The van der Waals surface area contributed by atoms with Crippen molar-refractivity contribution in [3.8, 4) is 0 Å². The Morgan fingerprint density at radius 1 is 1.07 bits per heavy atom. The van der Waals surface area contributed by atoms with Crippen LogP contribution in [0.15, 0.2) is 30.3 Å². The molecular weight excluding hydrogens is 189 g/mol. The van der Waals surface area contributed by atoms with Crippen LogP contribution < -0.4 is 5.30 Å². The fourth-order valence-corrected chi connectivity index (χ4v) is 3.07. The van der Waals surface area contributed by atoms with Crippen LogP contribution in [0.25, 0.3) is 0 Å². The Hall–Kier alpha value is -0.390. The monoisotopic (exact) mass is 207 g/mol. The number of likely N-dealkylation sites (tertiary alicyclic amines) is 1. The Kier molecular flexibility index (Phi) is 3.97. The van der Waals surface area contributed by atoms with Crippen molar-refractivity contribution < 1.29 is 0 Å². The molecule has 1 heterocycles. The van der Waals surface area contributed by atoms with Gasteiger partial charge in [-0.05, 0) is 37.4 Å². The predicted molar refractivity (Wildman–Crippen MR) is 64.9 cm³/mol. The van der Waals surface area contributed by atoms with Gasteiger partial charge in [-0.3, -0.25) is 0 Å². The highest BCUT2D eigenvalue weighted by atomic mass is 31.1. The average molecular weight is 207 g/mol. The van der Waals surface area contributed by atoms with Crippen molar-refractivity contribution in [2.75, 3.05) is 25.8 Å². The minimum atomic E-state index is 0.989. The van der Waals surface area contributed by atoms with Crippen LogP contribution in [0.4, 0.5) is 0 Å². The molecule has 1 aliphatic heterocycles. The lowest BCUT2D eigenvalue weighted by Gasteiger charge is -2.13. The van der Waals surface area contributed by atoms with Crippen LogP contribution in [-0.2, 0) is 0 Å². The summed E-state index contributed by atoms with van der Waals surface area (Å²) in [6.45, 7) is 3.96. The summed E-state index contributed by atoms with van der Waals surface area (Å²) < 4.78 is 0. The lowest BCUT2D eigenvalue weighted by Crippen LogP contribution is -2.22. The van der Waals surface area contributed by atoms with Crippen molar-refractivity contribution in [2.24, 2.45) is 0 Å². The molecule has 0 radical (unpaired) electrons. The van der Waals surface area contributed by atoms with E-state index in [1.807, 2.05) is 0 Å². The van der Waals surface area contributed by atoms with Gasteiger partial charge in [0.1, 0.15) is 0 Å². The molecule has 76 valence electrons. The average Bonchev–Trinajstić information content (AvgIpc) is 2.72. The molecule has 0 N–H and O–H groups in total. The molecular formula is C12H18NP. The molecule has 1 saturated heterocycles. The van der Waals surface area contributed by atoms with Crippen molar-refractivity contribution in [1.29, 1.82) is 0 Å². The third-order valence-corrected chi connectivity index (χ3v) is 3.94. The van der Waals surface area contributed by atoms with Gasteiger partial charge >= 0.3 is 0 Å². The molecule has 0 aromatic heterocycles. The molecule has 2 rings (SSSR count). The second kappa shape index (κ2) is 5.48. The molecule has 0 saturated carbocycles. The third-order valence-electron chi connectivity index (χ3n) is 2.73. The Balaban J connectivity index is 1.67. The zero-order valence-corrected chi connectivity index (χ0v) is 9.58. The minimum absolute atomic E-state index is 0.989. The first-order valence-corrected chi connectivity index (χ1v) is 6.67. The normalized spacial score (nSPS) is 18.3. The fraction of sp³-hybridized carbons (Fsp3) is 0.500. The Bertz CT molecular complexity index is 254. The van der Waals surface area contributed by atoms with Crippen LogP contribution in [0.5, 0.6) is 0 Å². The summed E-state index contributed by atoms with van der Waals surface area (Å²) in [4.78, 5) is 2.59. The molecule has 0 aliphatic carbocycles. The molecule has 2 heteroatoms. The van der Waals surface area contributed by atoms with E-state index in [4.69, 9.17) is 0 Å². The van der Waals surface area contributed by atoms with Crippen molar-refractivity contribution in [1.82, 2.24) is 4.90 Å². The van der Waals surface area contributed by atoms with E-state index in [-0.39, 0.29) is 0 Å². The second-order valence-electron chi connectivity index (χ2n) is 3.84. The summed E-state index contributed by atoms with van der Waals surface area (Å²) in [5.74, 6) is 0. The topological polar surface area (TPSA) is 3.24 Å². The van der Waals surface area contributed by atoms with Crippen molar-refractivity contribution in [2.45, 2.75) is 12.8 Å². The Morgan fingerprint density at radius 2 is 1.79 bits per heavy atom. The summed E-state index contributed by atoms with van der Waals surface area (Å²) in [6.07, 6.45) is 4.16. The van der Waals surface area contributed by atoms with E-state index in [9.17, 15) is 0 Å². The molecule has 1 unspecified atom stereocenters. The van der Waals surface area contributed by atoms with Crippen LogP contribution in [-0.4, -0.2) is 30.7 Å². The molecule has 14 heavy (non-hydrogen) atoms. The largest absolute Gasteiger partial charge is 0.303 e. The minimum Gasteiger partial charge on any atom is -0.303 e. The Morgan fingerprint density at radius 3 is 2.50 bits per heavy atom. The predicted octanol–water partition coefficient (Wildman–Crippen LogP) is 2.09. The first kappa shape index (κ1) is 10.1. The maximum atomic E-state index is 2.59. The quantitative estimate of drug-likeness (QED) is 0.683. The van der Waals surface area contributed by atoms with E-state index in [0.717, 1.165) is 8.58 Å². The molecule has 0 spiro atoms. The van der Waals surface area contributed by atoms with Gasteiger partial charge in [0.05, 0.1) is 0 Å². The van der Waals surface area contributed by atoms with Gasteiger partial charge in [-0.1, -0.05) is 38.9 Å². The molecule has 1 nitrogen and oxygen atoms in total. The highest BCUT2D eigenvalue weighted by Crippen LogP contribution is 2.12. The van der Waals surface area contributed by atoms with Crippen LogP contribution in [0, 0.1) is 0 Å². The maximum Gasteiger partial charge on any atom is 0.00213 e. The fourth-order valence-electron chi connectivity index (χ4n) is 1.92. The van der Waals surface area contributed by atoms with Gasteiger partial charge in [0.25, 0.3) is 0 Å². The standard InChI is InChI=1S/C12H18NP/c1-2-6-12(7-3-1)14-11-10-13-8-4-5-9-13/h1-3,6-7,14H,4-5,8-11H2. The van der Waals surface area contributed by atoms with Crippen molar-refractivity contribution >= 4 is 13.9 Å². The molecule has 0 bridgehead atoms. The van der Waals surface area contributed by atoms with Gasteiger partial charge in [-0.15, -0.1) is 0 Å². The number of hydrogen-bond acceptors (Lipinski definition) is 1. The number of benzene rings is 1. The highest BCUT2D eigenvalue weighted by Gasteiger charge is 2.09. The van der Waals surface area contributed by atoms with E-state index in [0.29, 0.717) is 0 Å². The smallest absolute Gasteiger partial charge is 0.00213 e. The zero-order valence-electron chi connectivity index (χ0n) is 8.58. The first-order valence-electron chi connectivity index (χ1n) is 5.46. The molecule has 1 fully saturated rings. The van der Waals surface area contributed by atoms with Gasteiger partial charge in [0.2, 0.25) is 0 Å². The molecule has 1 aromatic carbocycles. The maximum absolute atomic E-state index is 2.59. The van der Waals surface area contributed by atoms with E-state index < -0.39 is 0 Å². The van der Waals surface area contributed by atoms with Gasteiger partial charge < -0.3 is 4.90 Å². The highest BCUT2D eigenvalue weighted by molar-refractivity contribution is 7.47. The van der Waals surface area contributed by atoms with Crippen LogP contribution in [0.1, 0.15) is 12.8 Å². The van der Waals surface area contributed by atoms with E-state index >= 15 is 0 Å². The third kappa shape index (κ3) is 3.08. The SMILES string of the molecule is c1ccc(PCCN2CCCC2)cc1. The second-order valence-corrected chi connectivity index (χ2v) is 5.27. The molecule has 1 aromatic rings. The van der Waals surface area contributed by atoms with Gasteiger partial charge in [-0.25, -0.2) is 0 Å². The molecule has 1 aliphatic rings. The summed E-state index contributed by atoms with van der Waals surface area (Å²) in [6, 6.07) is 10.8. The van der Waals surface area contributed by atoms with Gasteiger partial charge in [0, 0.05) is 6.54 Å². The Labute approximate surface area is 88.3 Å². The summed E-state index contributed by atoms with van der Waals surface area (Å²) in [7, 11) is 0.989. The number of hydrogen-bond donors (Lipinski definition) is 0.